The molecular weight excluding hydrogens is 405 g/mol. The van der Waals surface area contributed by atoms with Gasteiger partial charge in [-0.2, -0.15) is 0 Å². The Labute approximate surface area is 176 Å². The quantitative estimate of drug-likeness (QED) is 0.343. The lowest BCUT2D eigenvalue weighted by molar-refractivity contribution is 0.0318. The number of amides is 2. The maximum atomic E-state index is 13.0. The Morgan fingerprint density at radius 3 is 2.35 bits per heavy atom. The van der Waals surface area contributed by atoms with Gasteiger partial charge in [0.15, 0.2) is 6.10 Å². The summed E-state index contributed by atoms with van der Waals surface area (Å²) in [5.41, 5.74) is 0.468. The van der Waals surface area contributed by atoms with Crippen LogP contribution in [0.2, 0.25) is 0 Å². The molecule has 0 radical (unpaired) electrons. The zero-order valence-electron chi connectivity index (χ0n) is 16.3. The monoisotopic (exact) mass is 421 g/mol. The number of hydrogen-bond donors (Lipinski definition) is 0. The van der Waals surface area contributed by atoms with Crippen molar-refractivity contribution < 1.29 is 32.7 Å². The third-order valence-corrected chi connectivity index (χ3v) is 4.88. The van der Waals surface area contributed by atoms with Gasteiger partial charge in [-0.15, -0.1) is 0 Å². The van der Waals surface area contributed by atoms with Crippen LogP contribution in [0.3, 0.4) is 0 Å². The molecule has 1 aliphatic heterocycles. The van der Waals surface area contributed by atoms with E-state index in [1.807, 2.05) is 0 Å². The Bertz CT molecular complexity index is 1180. The summed E-state index contributed by atoms with van der Waals surface area (Å²) in [6.07, 6.45) is 0.315. The Morgan fingerprint density at radius 1 is 1.00 bits per heavy atom. The van der Waals surface area contributed by atoms with Crippen molar-refractivity contribution in [1.82, 2.24) is 4.90 Å². The maximum absolute atomic E-state index is 13.0. The number of hydrogen-bond acceptors (Lipinski definition) is 6. The van der Waals surface area contributed by atoms with E-state index in [-0.39, 0.29) is 28.8 Å². The van der Waals surface area contributed by atoms with Gasteiger partial charge in [0.2, 0.25) is 5.78 Å². The zero-order chi connectivity index (χ0) is 22.1. The fraction of sp³-hybridized carbons (Fsp3) is 0.130. The van der Waals surface area contributed by atoms with Crippen molar-refractivity contribution in [3.63, 3.8) is 0 Å². The van der Waals surface area contributed by atoms with E-state index in [0.29, 0.717) is 5.76 Å². The Morgan fingerprint density at radius 2 is 1.68 bits per heavy atom. The highest BCUT2D eigenvalue weighted by atomic mass is 19.1. The average Bonchev–Trinajstić information content (AvgIpc) is 3.36. The standard InChI is InChI=1S/C23H16FNO6/c1-13(20(26)14-4-7-16(24)8-5-14)31-23(29)15-6-9-18-19(11-15)22(28)25(21(18)27)12-17-3-2-10-30-17/h2-11,13H,12H2,1H3. The summed E-state index contributed by atoms with van der Waals surface area (Å²) in [7, 11) is 0. The van der Waals surface area contributed by atoms with Crippen molar-refractivity contribution in [3.05, 3.63) is 94.7 Å². The molecule has 1 aromatic heterocycles. The molecule has 0 spiro atoms. The number of Topliss-reactive ketones (excluding diaryl/α,β-unsaturated/α-hetero) is 1. The second-order valence-corrected chi connectivity index (χ2v) is 6.95. The first-order valence-electron chi connectivity index (χ1n) is 9.38. The topological polar surface area (TPSA) is 93.9 Å². The zero-order valence-corrected chi connectivity index (χ0v) is 16.3. The number of imide groups is 1. The number of esters is 1. The number of benzene rings is 2. The SMILES string of the molecule is CC(OC(=O)c1ccc2c(c1)C(=O)N(Cc1ccco1)C2=O)C(=O)c1ccc(F)cc1. The molecule has 0 fully saturated rings. The molecule has 2 heterocycles. The normalized spacial score (nSPS) is 13.8. The largest absolute Gasteiger partial charge is 0.467 e. The molecule has 1 aliphatic rings. The molecule has 31 heavy (non-hydrogen) atoms. The number of carbonyl (C=O) groups is 4. The first-order chi connectivity index (χ1) is 14.8. The van der Waals surface area contributed by atoms with Crippen molar-refractivity contribution in [3.8, 4) is 0 Å². The van der Waals surface area contributed by atoms with E-state index in [1.54, 1.807) is 12.1 Å². The van der Waals surface area contributed by atoms with Crippen LogP contribution in [0.1, 0.15) is 54.1 Å². The van der Waals surface area contributed by atoms with Crippen molar-refractivity contribution in [1.29, 1.82) is 0 Å². The van der Waals surface area contributed by atoms with Crippen molar-refractivity contribution in [2.45, 2.75) is 19.6 Å². The van der Waals surface area contributed by atoms with Gasteiger partial charge >= 0.3 is 5.97 Å². The van der Waals surface area contributed by atoms with Crippen molar-refractivity contribution in [2.24, 2.45) is 0 Å². The van der Waals surface area contributed by atoms with Crippen LogP contribution in [-0.2, 0) is 11.3 Å². The number of furan rings is 1. The van der Waals surface area contributed by atoms with E-state index in [9.17, 15) is 23.6 Å². The van der Waals surface area contributed by atoms with Crippen LogP contribution >= 0.6 is 0 Å². The molecule has 3 aromatic rings. The van der Waals surface area contributed by atoms with Gasteiger partial charge in [0.25, 0.3) is 11.8 Å². The van der Waals surface area contributed by atoms with E-state index in [1.165, 1.54) is 43.5 Å². The summed E-state index contributed by atoms with van der Waals surface area (Å²) < 4.78 is 23.4. The van der Waals surface area contributed by atoms with Gasteiger partial charge in [-0.05, 0) is 61.5 Å². The number of fused-ring (bicyclic) bond motifs is 1. The van der Waals surface area contributed by atoms with Gasteiger partial charge in [-0.25, -0.2) is 9.18 Å². The first kappa shape index (κ1) is 20.2. The average molecular weight is 421 g/mol. The summed E-state index contributed by atoms with van der Waals surface area (Å²) in [5, 5.41) is 0. The summed E-state index contributed by atoms with van der Waals surface area (Å²) in [6, 6.07) is 12.2. The summed E-state index contributed by atoms with van der Waals surface area (Å²) in [5.74, 6) is -2.40. The van der Waals surface area contributed by atoms with Gasteiger partial charge in [0.1, 0.15) is 11.6 Å². The molecule has 0 N–H and O–H groups in total. The molecule has 0 saturated heterocycles. The Kier molecular flexibility index (Phi) is 5.21. The maximum Gasteiger partial charge on any atom is 0.338 e. The molecule has 0 bridgehead atoms. The molecule has 156 valence electrons. The first-order valence-corrected chi connectivity index (χ1v) is 9.38. The molecule has 1 atom stereocenters. The number of ketones is 1. The van der Waals surface area contributed by atoms with Crippen LogP contribution in [-0.4, -0.2) is 34.6 Å². The van der Waals surface area contributed by atoms with E-state index < -0.39 is 35.5 Å². The predicted octanol–water partition coefficient (Wildman–Crippen LogP) is 3.64. The van der Waals surface area contributed by atoms with Gasteiger partial charge < -0.3 is 9.15 Å². The number of halogens is 1. The second-order valence-electron chi connectivity index (χ2n) is 6.95. The fourth-order valence-corrected chi connectivity index (χ4v) is 3.25. The summed E-state index contributed by atoms with van der Waals surface area (Å²) >= 11 is 0. The molecule has 2 amide bonds. The van der Waals surface area contributed by atoms with Crippen molar-refractivity contribution >= 4 is 23.6 Å². The molecule has 1 unspecified atom stereocenters. The minimum atomic E-state index is -1.13. The third-order valence-electron chi connectivity index (χ3n) is 4.88. The van der Waals surface area contributed by atoms with Gasteiger partial charge in [-0.1, -0.05) is 0 Å². The van der Waals surface area contributed by atoms with Crippen LogP contribution in [0.5, 0.6) is 0 Å². The number of nitrogens with zero attached hydrogens (tertiary/aromatic N) is 1. The van der Waals surface area contributed by atoms with Crippen LogP contribution in [0, 0.1) is 5.82 Å². The lowest BCUT2D eigenvalue weighted by atomic mass is 10.1. The predicted molar refractivity (Wildman–Crippen MR) is 105 cm³/mol. The fourth-order valence-electron chi connectivity index (χ4n) is 3.25. The number of rotatable bonds is 6. The second kappa shape index (κ2) is 7.98. The van der Waals surface area contributed by atoms with E-state index in [0.717, 1.165) is 17.0 Å². The molecule has 7 nitrogen and oxygen atoms in total. The molecule has 2 aromatic carbocycles. The summed E-state index contributed by atoms with van der Waals surface area (Å²) in [4.78, 5) is 51.1. The number of ether oxygens (including phenoxy) is 1. The lowest BCUT2D eigenvalue weighted by Gasteiger charge is -2.12. The Balaban J connectivity index is 1.49. The van der Waals surface area contributed by atoms with Crippen LogP contribution in [0.15, 0.2) is 65.3 Å². The van der Waals surface area contributed by atoms with Crippen LogP contribution in [0.25, 0.3) is 0 Å². The highest BCUT2D eigenvalue weighted by Crippen LogP contribution is 2.26. The van der Waals surface area contributed by atoms with Crippen LogP contribution in [0.4, 0.5) is 4.39 Å². The molecule has 0 aliphatic carbocycles. The van der Waals surface area contributed by atoms with Gasteiger partial charge in [0.05, 0.1) is 29.5 Å². The molecule has 0 saturated carbocycles. The summed E-state index contributed by atoms with van der Waals surface area (Å²) in [6.45, 7) is 1.37. The van der Waals surface area contributed by atoms with E-state index in [2.05, 4.69) is 0 Å². The van der Waals surface area contributed by atoms with E-state index >= 15 is 0 Å². The Hall–Kier alpha value is -4.07. The lowest BCUT2D eigenvalue weighted by Crippen LogP contribution is -2.28. The van der Waals surface area contributed by atoms with Gasteiger partial charge in [-0.3, -0.25) is 19.3 Å². The molecular formula is C23H16FNO6. The molecule has 4 rings (SSSR count). The van der Waals surface area contributed by atoms with E-state index in [4.69, 9.17) is 9.15 Å². The minimum Gasteiger partial charge on any atom is -0.467 e. The highest BCUT2D eigenvalue weighted by Gasteiger charge is 2.36. The third kappa shape index (κ3) is 3.87. The number of carbonyl (C=O) groups excluding carboxylic acids is 4. The molecule has 8 heteroatoms. The minimum absolute atomic E-state index is 0.0255. The van der Waals surface area contributed by atoms with Crippen molar-refractivity contribution in [2.75, 3.05) is 0 Å². The van der Waals surface area contributed by atoms with Crippen LogP contribution < -0.4 is 0 Å². The smallest absolute Gasteiger partial charge is 0.338 e. The highest BCUT2D eigenvalue weighted by molar-refractivity contribution is 6.21. The van der Waals surface area contributed by atoms with Gasteiger partial charge in [0, 0.05) is 5.56 Å².